The zero-order chi connectivity index (χ0) is 19.9. The number of phenolic OH excluding ortho intramolecular Hbond substituents is 1. The average molecular weight is 382 g/mol. The van der Waals surface area contributed by atoms with Gasteiger partial charge in [-0.25, -0.2) is 0 Å². The smallest absolute Gasteiger partial charge is 0.237 e. The number of carbonyl (C=O) groups excluding carboxylic acids is 1. The monoisotopic (exact) mass is 381 g/mol. The molecule has 0 aliphatic carbocycles. The number of rotatable bonds is 7. The van der Waals surface area contributed by atoms with E-state index in [9.17, 15) is 9.90 Å². The molecule has 28 heavy (non-hydrogen) atoms. The number of nitrogens with zero attached hydrogens (tertiary/aromatic N) is 2. The van der Waals surface area contributed by atoms with Crippen molar-refractivity contribution in [3.8, 4) is 5.75 Å². The van der Waals surface area contributed by atoms with Crippen LogP contribution in [-0.4, -0.2) is 48.1 Å². The SMILES string of the molecule is CCC[C@H](NC(=O)[C@H](C)N1CCN(c2ccc(O)cc2)CC1)c1ccccc1. The van der Waals surface area contributed by atoms with E-state index in [-0.39, 0.29) is 23.7 Å². The summed E-state index contributed by atoms with van der Waals surface area (Å²) in [5.41, 5.74) is 2.28. The van der Waals surface area contributed by atoms with Crippen LogP contribution in [0.3, 0.4) is 0 Å². The van der Waals surface area contributed by atoms with Gasteiger partial charge in [0.25, 0.3) is 0 Å². The van der Waals surface area contributed by atoms with Gasteiger partial charge in [0, 0.05) is 31.9 Å². The van der Waals surface area contributed by atoms with Crippen molar-refractivity contribution >= 4 is 11.6 Å². The Kier molecular flexibility index (Phi) is 6.93. The number of amides is 1. The second kappa shape index (κ2) is 9.60. The summed E-state index contributed by atoms with van der Waals surface area (Å²) in [7, 11) is 0. The van der Waals surface area contributed by atoms with Crippen molar-refractivity contribution in [2.24, 2.45) is 0 Å². The molecule has 0 saturated carbocycles. The second-order valence-electron chi connectivity index (χ2n) is 7.48. The van der Waals surface area contributed by atoms with Gasteiger partial charge in [-0.2, -0.15) is 0 Å². The Bertz CT molecular complexity index is 740. The van der Waals surface area contributed by atoms with Gasteiger partial charge in [0.1, 0.15) is 5.75 Å². The number of hydrogen-bond donors (Lipinski definition) is 2. The topological polar surface area (TPSA) is 55.8 Å². The highest BCUT2D eigenvalue weighted by Gasteiger charge is 2.27. The third kappa shape index (κ3) is 5.04. The molecular formula is C23H31N3O2. The van der Waals surface area contributed by atoms with Crippen LogP contribution in [0.15, 0.2) is 54.6 Å². The van der Waals surface area contributed by atoms with Gasteiger partial charge in [-0.3, -0.25) is 9.69 Å². The van der Waals surface area contributed by atoms with Crippen LogP contribution in [0, 0.1) is 0 Å². The van der Waals surface area contributed by atoms with Crippen molar-refractivity contribution in [3.63, 3.8) is 0 Å². The van der Waals surface area contributed by atoms with Crippen LogP contribution in [0.4, 0.5) is 5.69 Å². The van der Waals surface area contributed by atoms with E-state index < -0.39 is 0 Å². The molecule has 5 nitrogen and oxygen atoms in total. The van der Waals surface area contributed by atoms with Gasteiger partial charge in [0.15, 0.2) is 0 Å². The molecule has 1 amide bonds. The molecule has 2 aromatic rings. The van der Waals surface area contributed by atoms with Crippen molar-refractivity contribution in [2.45, 2.75) is 38.8 Å². The van der Waals surface area contributed by atoms with Crippen molar-refractivity contribution in [1.29, 1.82) is 0 Å². The first-order chi connectivity index (χ1) is 13.6. The summed E-state index contributed by atoms with van der Waals surface area (Å²) in [5.74, 6) is 0.383. The lowest BCUT2D eigenvalue weighted by molar-refractivity contribution is -0.126. The number of nitrogens with one attached hydrogen (secondary N) is 1. The molecule has 3 rings (SSSR count). The zero-order valence-corrected chi connectivity index (χ0v) is 16.8. The number of phenols is 1. The molecule has 0 bridgehead atoms. The van der Waals surface area contributed by atoms with E-state index >= 15 is 0 Å². The molecule has 1 saturated heterocycles. The number of carbonyl (C=O) groups is 1. The molecule has 0 spiro atoms. The van der Waals surface area contributed by atoms with E-state index in [2.05, 4.69) is 34.2 Å². The summed E-state index contributed by atoms with van der Waals surface area (Å²) >= 11 is 0. The molecule has 1 aliphatic rings. The van der Waals surface area contributed by atoms with E-state index in [0.717, 1.165) is 44.7 Å². The minimum atomic E-state index is -0.148. The lowest BCUT2D eigenvalue weighted by atomic mass is 10.0. The van der Waals surface area contributed by atoms with Crippen LogP contribution in [0.2, 0.25) is 0 Å². The Morgan fingerprint density at radius 2 is 1.68 bits per heavy atom. The molecule has 0 radical (unpaired) electrons. The predicted octanol–water partition coefficient (Wildman–Crippen LogP) is 3.56. The van der Waals surface area contributed by atoms with Gasteiger partial charge in [-0.1, -0.05) is 43.7 Å². The molecule has 2 N–H and O–H groups in total. The van der Waals surface area contributed by atoms with Crippen LogP contribution in [-0.2, 0) is 4.79 Å². The number of benzene rings is 2. The van der Waals surface area contributed by atoms with Crippen LogP contribution in [0.1, 0.15) is 38.3 Å². The quantitative estimate of drug-likeness (QED) is 0.770. The molecule has 2 atom stereocenters. The Morgan fingerprint density at radius 3 is 2.29 bits per heavy atom. The Hall–Kier alpha value is -2.53. The maximum atomic E-state index is 12.9. The molecule has 150 valence electrons. The van der Waals surface area contributed by atoms with Crippen LogP contribution >= 0.6 is 0 Å². The Labute approximate surface area is 168 Å². The number of piperazine rings is 1. The highest BCUT2D eigenvalue weighted by atomic mass is 16.3. The fraction of sp³-hybridized carbons (Fsp3) is 0.435. The van der Waals surface area contributed by atoms with Crippen molar-refractivity contribution < 1.29 is 9.90 Å². The van der Waals surface area contributed by atoms with Crippen LogP contribution < -0.4 is 10.2 Å². The van der Waals surface area contributed by atoms with E-state index in [1.54, 1.807) is 12.1 Å². The van der Waals surface area contributed by atoms with Gasteiger partial charge in [-0.15, -0.1) is 0 Å². The normalized spacial score (nSPS) is 17.1. The minimum Gasteiger partial charge on any atom is -0.508 e. The number of hydrogen-bond acceptors (Lipinski definition) is 4. The third-order valence-corrected chi connectivity index (χ3v) is 5.55. The first kappa shape index (κ1) is 20.2. The van der Waals surface area contributed by atoms with Gasteiger partial charge in [0.2, 0.25) is 5.91 Å². The molecule has 1 aliphatic heterocycles. The summed E-state index contributed by atoms with van der Waals surface area (Å²) in [4.78, 5) is 17.4. The molecule has 1 heterocycles. The minimum absolute atomic E-state index is 0.0689. The van der Waals surface area contributed by atoms with E-state index in [4.69, 9.17) is 0 Å². The van der Waals surface area contributed by atoms with Crippen LogP contribution in [0.5, 0.6) is 5.75 Å². The van der Waals surface area contributed by atoms with E-state index in [1.165, 1.54) is 5.56 Å². The van der Waals surface area contributed by atoms with Crippen molar-refractivity contribution in [1.82, 2.24) is 10.2 Å². The summed E-state index contributed by atoms with van der Waals surface area (Å²) in [5, 5.41) is 12.7. The lowest BCUT2D eigenvalue weighted by Gasteiger charge is -2.39. The second-order valence-corrected chi connectivity index (χ2v) is 7.48. The summed E-state index contributed by atoms with van der Waals surface area (Å²) in [6.45, 7) is 7.59. The maximum Gasteiger partial charge on any atom is 0.237 e. The first-order valence-corrected chi connectivity index (χ1v) is 10.2. The summed E-state index contributed by atoms with van der Waals surface area (Å²) < 4.78 is 0. The molecule has 1 fully saturated rings. The highest BCUT2D eigenvalue weighted by molar-refractivity contribution is 5.81. The number of aromatic hydroxyl groups is 1. The Morgan fingerprint density at radius 1 is 1.04 bits per heavy atom. The molecule has 5 heteroatoms. The molecule has 0 aromatic heterocycles. The molecule has 0 unspecified atom stereocenters. The molecule has 2 aromatic carbocycles. The van der Waals surface area contributed by atoms with Gasteiger partial charge in [0.05, 0.1) is 12.1 Å². The lowest BCUT2D eigenvalue weighted by Crippen LogP contribution is -2.54. The van der Waals surface area contributed by atoms with Gasteiger partial charge in [-0.05, 0) is 43.2 Å². The average Bonchev–Trinajstić information content (AvgIpc) is 2.74. The summed E-state index contributed by atoms with van der Waals surface area (Å²) in [6, 6.07) is 17.5. The maximum absolute atomic E-state index is 12.9. The van der Waals surface area contributed by atoms with Crippen LogP contribution in [0.25, 0.3) is 0 Å². The molecular weight excluding hydrogens is 350 g/mol. The van der Waals surface area contributed by atoms with E-state index in [1.807, 2.05) is 37.3 Å². The van der Waals surface area contributed by atoms with Gasteiger partial charge >= 0.3 is 0 Å². The Balaban J connectivity index is 1.55. The predicted molar refractivity (Wildman–Crippen MR) is 114 cm³/mol. The zero-order valence-electron chi connectivity index (χ0n) is 16.8. The number of anilines is 1. The third-order valence-electron chi connectivity index (χ3n) is 5.55. The van der Waals surface area contributed by atoms with E-state index in [0.29, 0.717) is 0 Å². The fourth-order valence-electron chi connectivity index (χ4n) is 3.79. The standard InChI is InChI=1S/C23H31N3O2/c1-3-7-22(19-8-5-4-6-9-19)24-23(28)18(2)25-14-16-26(17-15-25)20-10-12-21(27)13-11-20/h4-6,8-13,18,22,27H,3,7,14-17H2,1-2H3,(H,24,28)/t18-,22-/m0/s1. The summed E-state index contributed by atoms with van der Waals surface area (Å²) in [6.07, 6.45) is 1.97. The first-order valence-electron chi connectivity index (χ1n) is 10.2. The van der Waals surface area contributed by atoms with Crippen molar-refractivity contribution in [3.05, 3.63) is 60.2 Å². The van der Waals surface area contributed by atoms with Crippen molar-refractivity contribution in [2.75, 3.05) is 31.1 Å². The largest absolute Gasteiger partial charge is 0.508 e. The fourth-order valence-corrected chi connectivity index (χ4v) is 3.79. The van der Waals surface area contributed by atoms with Gasteiger partial charge < -0.3 is 15.3 Å². The highest BCUT2D eigenvalue weighted by Crippen LogP contribution is 2.21.